The van der Waals surface area contributed by atoms with E-state index in [1.54, 1.807) is 12.4 Å². The molecule has 100 valence electrons. The molecule has 19 heavy (non-hydrogen) atoms. The van der Waals surface area contributed by atoms with Gasteiger partial charge in [-0.05, 0) is 30.4 Å². The molecule has 1 aliphatic rings. The minimum absolute atomic E-state index is 0.207. The first-order valence-electron chi connectivity index (χ1n) is 6.65. The summed E-state index contributed by atoms with van der Waals surface area (Å²) in [4.78, 5) is 16.8. The normalized spacial score (nSPS) is 23.5. The van der Waals surface area contributed by atoms with Gasteiger partial charge < -0.3 is 5.32 Å². The average Bonchev–Trinajstić information content (AvgIpc) is 2.41. The lowest BCUT2D eigenvalue weighted by Gasteiger charge is -2.30. The highest BCUT2D eigenvalue weighted by Crippen LogP contribution is 2.28. The fourth-order valence-electron chi connectivity index (χ4n) is 2.64. The quantitative estimate of drug-likeness (QED) is 0.855. The molecular formula is C13H16ClN5. The second-order valence-corrected chi connectivity index (χ2v) is 5.42. The lowest BCUT2D eigenvalue weighted by atomic mass is 9.86. The molecule has 0 bridgehead atoms. The van der Waals surface area contributed by atoms with Crippen LogP contribution in [-0.4, -0.2) is 26.0 Å². The average molecular weight is 278 g/mol. The minimum atomic E-state index is 0.207. The Morgan fingerprint density at radius 3 is 2.79 bits per heavy atom. The SMILES string of the molecule is CC1CCCCC1Nc1nc(Cl)nc2nccnc12. The minimum Gasteiger partial charge on any atom is -0.365 e. The van der Waals surface area contributed by atoms with Gasteiger partial charge in [-0.1, -0.05) is 19.8 Å². The van der Waals surface area contributed by atoms with Crippen LogP contribution in [0.4, 0.5) is 5.82 Å². The van der Waals surface area contributed by atoms with Gasteiger partial charge in [0.25, 0.3) is 0 Å². The van der Waals surface area contributed by atoms with Crippen LogP contribution in [-0.2, 0) is 0 Å². The van der Waals surface area contributed by atoms with Crippen molar-refractivity contribution in [3.63, 3.8) is 0 Å². The van der Waals surface area contributed by atoms with E-state index in [0.29, 0.717) is 28.9 Å². The highest BCUT2D eigenvalue weighted by atomic mass is 35.5. The molecule has 2 aromatic heterocycles. The van der Waals surface area contributed by atoms with Crippen molar-refractivity contribution >= 4 is 28.6 Å². The van der Waals surface area contributed by atoms with E-state index in [9.17, 15) is 0 Å². The number of anilines is 1. The molecule has 2 atom stereocenters. The summed E-state index contributed by atoms with van der Waals surface area (Å²) >= 11 is 5.95. The van der Waals surface area contributed by atoms with Crippen molar-refractivity contribution in [2.45, 2.75) is 38.6 Å². The molecule has 0 spiro atoms. The van der Waals surface area contributed by atoms with Gasteiger partial charge in [0.2, 0.25) is 5.28 Å². The number of hydrogen-bond donors (Lipinski definition) is 1. The van der Waals surface area contributed by atoms with E-state index in [1.165, 1.54) is 19.3 Å². The zero-order valence-corrected chi connectivity index (χ0v) is 11.6. The highest BCUT2D eigenvalue weighted by Gasteiger charge is 2.22. The van der Waals surface area contributed by atoms with Crippen LogP contribution in [0.15, 0.2) is 12.4 Å². The second-order valence-electron chi connectivity index (χ2n) is 5.08. The van der Waals surface area contributed by atoms with Gasteiger partial charge in [-0.15, -0.1) is 0 Å². The van der Waals surface area contributed by atoms with Crippen LogP contribution < -0.4 is 5.32 Å². The van der Waals surface area contributed by atoms with Gasteiger partial charge in [-0.3, -0.25) is 0 Å². The Balaban J connectivity index is 1.95. The molecule has 0 aliphatic heterocycles. The molecule has 5 nitrogen and oxygen atoms in total. The number of rotatable bonds is 2. The van der Waals surface area contributed by atoms with Gasteiger partial charge in [0.15, 0.2) is 17.0 Å². The van der Waals surface area contributed by atoms with Crippen LogP contribution in [0.25, 0.3) is 11.2 Å². The molecule has 2 heterocycles. The Labute approximate surface area is 116 Å². The van der Waals surface area contributed by atoms with Crippen LogP contribution in [0.1, 0.15) is 32.6 Å². The van der Waals surface area contributed by atoms with E-state index in [4.69, 9.17) is 11.6 Å². The Morgan fingerprint density at radius 2 is 1.95 bits per heavy atom. The van der Waals surface area contributed by atoms with Crippen LogP contribution in [0.3, 0.4) is 0 Å². The van der Waals surface area contributed by atoms with E-state index in [0.717, 1.165) is 6.42 Å². The van der Waals surface area contributed by atoms with Crippen molar-refractivity contribution in [2.75, 3.05) is 5.32 Å². The van der Waals surface area contributed by atoms with Crippen molar-refractivity contribution in [3.8, 4) is 0 Å². The summed E-state index contributed by atoms with van der Waals surface area (Å²) in [7, 11) is 0. The molecule has 0 saturated heterocycles. The topological polar surface area (TPSA) is 63.6 Å². The summed E-state index contributed by atoms with van der Waals surface area (Å²) in [5.74, 6) is 1.33. The summed E-state index contributed by atoms with van der Waals surface area (Å²) in [5.41, 5.74) is 1.22. The van der Waals surface area contributed by atoms with Crippen molar-refractivity contribution in [3.05, 3.63) is 17.7 Å². The molecule has 1 saturated carbocycles. The standard InChI is InChI=1S/C13H16ClN5/c1-8-4-2-3-5-9(8)17-12-10-11(16-7-6-15-10)18-13(14)19-12/h6-9H,2-5H2,1H3,(H,16,17,18,19). The maximum absolute atomic E-state index is 5.95. The van der Waals surface area contributed by atoms with Crippen molar-refractivity contribution in [1.29, 1.82) is 0 Å². The molecule has 0 aromatic carbocycles. The zero-order chi connectivity index (χ0) is 13.2. The van der Waals surface area contributed by atoms with E-state index in [2.05, 4.69) is 32.2 Å². The maximum atomic E-state index is 5.95. The third-order valence-electron chi connectivity index (χ3n) is 3.74. The molecule has 0 amide bonds. The first-order valence-corrected chi connectivity index (χ1v) is 7.02. The Hall–Kier alpha value is -1.49. The third-order valence-corrected chi connectivity index (χ3v) is 3.91. The number of hydrogen-bond acceptors (Lipinski definition) is 5. The van der Waals surface area contributed by atoms with E-state index in [1.807, 2.05) is 0 Å². The molecule has 3 rings (SSSR count). The molecule has 0 radical (unpaired) electrons. The molecule has 2 unspecified atom stereocenters. The number of nitrogens with zero attached hydrogens (tertiary/aromatic N) is 4. The smallest absolute Gasteiger partial charge is 0.226 e. The van der Waals surface area contributed by atoms with Gasteiger partial charge in [-0.2, -0.15) is 9.97 Å². The van der Waals surface area contributed by atoms with Crippen LogP contribution >= 0.6 is 11.6 Å². The van der Waals surface area contributed by atoms with Crippen LogP contribution in [0.5, 0.6) is 0 Å². The molecule has 6 heteroatoms. The van der Waals surface area contributed by atoms with Gasteiger partial charge in [0.05, 0.1) is 0 Å². The Bertz CT molecular complexity index is 588. The lowest BCUT2D eigenvalue weighted by Crippen LogP contribution is -2.30. The highest BCUT2D eigenvalue weighted by molar-refractivity contribution is 6.28. The fourth-order valence-corrected chi connectivity index (χ4v) is 2.81. The van der Waals surface area contributed by atoms with E-state index < -0.39 is 0 Å². The monoisotopic (exact) mass is 277 g/mol. The summed E-state index contributed by atoms with van der Waals surface area (Å²) < 4.78 is 0. The maximum Gasteiger partial charge on any atom is 0.226 e. The van der Waals surface area contributed by atoms with Crippen LogP contribution in [0.2, 0.25) is 5.28 Å². The summed E-state index contributed by atoms with van der Waals surface area (Å²) in [6, 6.07) is 0.421. The van der Waals surface area contributed by atoms with Gasteiger partial charge in [0.1, 0.15) is 0 Å². The molecule has 1 fully saturated rings. The number of halogens is 1. The van der Waals surface area contributed by atoms with Crippen molar-refractivity contribution < 1.29 is 0 Å². The first-order chi connectivity index (χ1) is 9.24. The van der Waals surface area contributed by atoms with Crippen molar-refractivity contribution in [1.82, 2.24) is 19.9 Å². The molecule has 1 N–H and O–H groups in total. The van der Waals surface area contributed by atoms with E-state index >= 15 is 0 Å². The predicted octanol–water partition coefficient (Wildman–Crippen LogP) is 3.06. The second kappa shape index (κ2) is 5.25. The van der Waals surface area contributed by atoms with Crippen molar-refractivity contribution in [2.24, 2.45) is 5.92 Å². The number of aromatic nitrogens is 4. The largest absolute Gasteiger partial charge is 0.365 e. The Morgan fingerprint density at radius 1 is 1.16 bits per heavy atom. The summed E-state index contributed by atoms with van der Waals surface area (Å²) in [6.07, 6.45) is 8.23. The Kier molecular flexibility index (Phi) is 3.46. The fraction of sp³-hybridized carbons (Fsp3) is 0.538. The van der Waals surface area contributed by atoms with Gasteiger partial charge in [-0.25, -0.2) is 9.97 Å². The van der Waals surface area contributed by atoms with Crippen LogP contribution in [0, 0.1) is 5.92 Å². The van der Waals surface area contributed by atoms with E-state index in [-0.39, 0.29) is 5.28 Å². The summed E-state index contributed by atoms with van der Waals surface area (Å²) in [5, 5.41) is 3.68. The number of fused-ring (bicyclic) bond motifs is 1. The predicted molar refractivity (Wildman–Crippen MR) is 75.2 cm³/mol. The summed E-state index contributed by atoms with van der Waals surface area (Å²) in [6.45, 7) is 2.27. The van der Waals surface area contributed by atoms with Gasteiger partial charge in [0, 0.05) is 18.4 Å². The molecular weight excluding hydrogens is 262 g/mol. The third kappa shape index (κ3) is 2.61. The van der Waals surface area contributed by atoms with Gasteiger partial charge >= 0.3 is 0 Å². The lowest BCUT2D eigenvalue weighted by molar-refractivity contribution is 0.349. The molecule has 2 aromatic rings. The molecule has 1 aliphatic carbocycles. The zero-order valence-electron chi connectivity index (χ0n) is 10.8. The number of nitrogens with one attached hydrogen (secondary N) is 1. The first kappa shape index (κ1) is 12.5.